The predicted octanol–water partition coefficient (Wildman–Crippen LogP) is 0.459. The number of hydrogen-bond donors (Lipinski definition) is 3. The lowest BCUT2D eigenvalue weighted by Gasteiger charge is -2.19. The largest absolute Gasteiger partial charge is 0.393 e. The third-order valence-corrected chi connectivity index (χ3v) is 5.66. The maximum atomic E-state index is 12.9. The Morgan fingerprint density at radius 1 is 1.38 bits per heavy atom. The molecule has 0 bridgehead atoms. The molecule has 1 aliphatic heterocycles. The number of fused-ring (bicyclic) bond motifs is 1. The Balaban J connectivity index is 1.61. The summed E-state index contributed by atoms with van der Waals surface area (Å²) in [5.74, 6) is -0.669. The van der Waals surface area contributed by atoms with Crippen LogP contribution in [0, 0.1) is 11.8 Å². The zero-order valence-corrected chi connectivity index (χ0v) is 15.4. The number of nitrogens with zero attached hydrogens (tertiary/aromatic N) is 1. The van der Waals surface area contributed by atoms with Crippen LogP contribution in [-0.4, -0.2) is 52.5 Å². The number of carbonyl (C=O) groups is 2. The number of hydrogen-bond acceptors (Lipinski definition) is 4. The lowest BCUT2D eigenvalue weighted by molar-refractivity contribution is -0.127. The molecule has 1 saturated heterocycles. The van der Waals surface area contributed by atoms with Gasteiger partial charge in [-0.05, 0) is 49.7 Å². The summed E-state index contributed by atoms with van der Waals surface area (Å²) in [6, 6.07) is 0. The summed E-state index contributed by atoms with van der Waals surface area (Å²) >= 11 is 0. The van der Waals surface area contributed by atoms with Gasteiger partial charge in [-0.15, -0.1) is 0 Å². The first-order valence-electron chi connectivity index (χ1n) is 9.37. The Hall–Kier alpha value is -2.15. The van der Waals surface area contributed by atoms with Crippen molar-refractivity contribution in [3.8, 4) is 0 Å². The molecule has 142 valence electrons. The minimum Gasteiger partial charge on any atom is -0.393 e. The summed E-state index contributed by atoms with van der Waals surface area (Å²) < 4.78 is 0. The van der Waals surface area contributed by atoms with Crippen LogP contribution in [-0.2, 0) is 17.6 Å². The molecule has 3 unspecified atom stereocenters. The first-order chi connectivity index (χ1) is 12.4. The van der Waals surface area contributed by atoms with Crippen molar-refractivity contribution in [2.24, 2.45) is 11.8 Å². The van der Waals surface area contributed by atoms with Crippen molar-refractivity contribution in [3.05, 3.63) is 33.2 Å². The smallest absolute Gasteiger partial charge is 0.261 e. The van der Waals surface area contributed by atoms with Gasteiger partial charge >= 0.3 is 0 Å². The number of rotatable bonds is 5. The second-order valence-electron chi connectivity index (χ2n) is 7.53. The highest BCUT2D eigenvalue weighted by molar-refractivity contribution is 5.96. The van der Waals surface area contributed by atoms with Gasteiger partial charge in [0, 0.05) is 25.8 Å². The molecule has 0 aromatic carbocycles. The molecule has 26 heavy (non-hydrogen) atoms. The van der Waals surface area contributed by atoms with E-state index in [1.54, 1.807) is 24.9 Å². The number of aliphatic hydroxyl groups excluding tert-OH is 1. The number of aromatic nitrogens is 1. The number of carbonyl (C=O) groups excluding carboxylic acids is 2. The molecule has 2 heterocycles. The van der Waals surface area contributed by atoms with Crippen LogP contribution in [0.5, 0.6) is 0 Å². The Kier molecular flexibility index (Phi) is 5.46. The molecule has 1 aromatic heterocycles. The van der Waals surface area contributed by atoms with Crippen LogP contribution in [0.4, 0.5) is 0 Å². The fraction of sp³-hybridized carbons (Fsp3) is 0.632. The standard InChI is InChI=1S/C19H27N3O4/c1-11(12(2)23)17(24)20-8-13-6-7-22(10-13)19(26)16-15-5-3-4-14(15)9-21-18(16)25/h9,11-13,23H,3-8,10H2,1-2H3,(H,20,24)(H,21,25). The highest BCUT2D eigenvalue weighted by atomic mass is 16.3. The third kappa shape index (κ3) is 3.67. The van der Waals surface area contributed by atoms with Crippen LogP contribution in [0.2, 0.25) is 0 Å². The maximum absolute atomic E-state index is 12.9. The fourth-order valence-electron chi connectivity index (χ4n) is 3.77. The number of likely N-dealkylation sites (tertiary alicyclic amines) is 1. The molecule has 3 N–H and O–H groups in total. The van der Waals surface area contributed by atoms with Crippen molar-refractivity contribution in [1.29, 1.82) is 0 Å². The van der Waals surface area contributed by atoms with Crippen molar-refractivity contribution in [3.63, 3.8) is 0 Å². The molecule has 0 spiro atoms. The van der Waals surface area contributed by atoms with Gasteiger partial charge in [-0.25, -0.2) is 0 Å². The van der Waals surface area contributed by atoms with Gasteiger partial charge in [0.2, 0.25) is 5.91 Å². The van der Waals surface area contributed by atoms with Gasteiger partial charge in [-0.2, -0.15) is 0 Å². The normalized spacial score (nSPS) is 21.3. The first kappa shape index (κ1) is 18.6. The van der Waals surface area contributed by atoms with Crippen LogP contribution < -0.4 is 10.9 Å². The Morgan fingerprint density at radius 2 is 2.15 bits per heavy atom. The predicted molar refractivity (Wildman–Crippen MR) is 97.0 cm³/mol. The minimum absolute atomic E-state index is 0.167. The number of aryl methyl sites for hydroxylation is 1. The van der Waals surface area contributed by atoms with E-state index < -0.39 is 12.0 Å². The molecule has 3 atom stereocenters. The minimum atomic E-state index is -0.691. The second kappa shape index (κ2) is 7.61. The van der Waals surface area contributed by atoms with Gasteiger partial charge < -0.3 is 20.3 Å². The lowest BCUT2D eigenvalue weighted by atomic mass is 10.0. The summed E-state index contributed by atoms with van der Waals surface area (Å²) in [7, 11) is 0. The molecule has 2 aliphatic rings. The zero-order valence-electron chi connectivity index (χ0n) is 15.4. The number of H-pyrrole nitrogens is 1. The number of amides is 2. The SMILES string of the molecule is CC(O)C(C)C(=O)NCC1CCN(C(=O)c2c3c(c[nH]c2=O)CCC3)C1. The molecule has 7 nitrogen and oxygen atoms in total. The molecule has 1 aromatic rings. The average Bonchev–Trinajstić information content (AvgIpc) is 3.27. The average molecular weight is 361 g/mol. The van der Waals surface area contributed by atoms with E-state index in [1.165, 1.54) is 0 Å². The van der Waals surface area contributed by atoms with Gasteiger partial charge in [-0.1, -0.05) is 6.92 Å². The molecule has 0 saturated carbocycles. The zero-order chi connectivity index (χ0) is 18.8. The van der Waals surface area contributed by atoms with Crippen molar-refractivity contribution in [2.45, 2.75) is 45.6 Å². The number of aromatic amines is 1. The van der Waals surface area contributed by atoms with Gasteiger partial charge in [0.05, 0.1) is 12.0 Å². The molecular formula is C19H27N3O4. The van der Waals surface area contributed by atoms with E-state index in [0.29, 0.717) is 25.2 Å². The van der Waals surface area contributed by atoms with Crippen LogP contribution in [0.1, 0.15) is 48.2 Å². The molecule has 0 radical (unpaired) electrons. The second-order valence-corrected chi connectivity index (χ2v) is 7.53. The summed E-state index contributed by atoms with van der Waals surface area (Å²) in [5.41, 5.74) is 1.97. The van der Waals surface area contributed by atoms with Crippen LogP contribution in [0.25, 0.3) is 0 Å². The van der Waals surface area contributed by atoms with E-state index in [-0.39, 0.29) is 23.3 Å². The third-order valence-electron chi connectivity index (χ3n) is 5.66. The highest BCUT2D eigenvalue weighted by Gasteiger charge is 2.31. The Morgan fingerprint density at radius 3 is 2.88 bits per heavy atom. The van der Waals surface area contributed by atoms with E-state index in [0.717, 1.165) is 36.8 Å². The number of nitrogens with one attached hydrogen (secondary N) is 2. The van der Waals surface area contributed by atoms with Gasteiger partial charge in [0.1, 0.15) is 5.56 Å². The molecule has 1 aliphatic carbocycles. The quantitative estimate of drug-likeness (QED) is 0.709. The molecule has 7 heteroatoms. The molecular weight excluding hydrogens is 334 g/mol. The fourth-order valence-corrected chi connectivity index (χ4v) is 3.77. The Bertz CT molecular complexity index is 756. The van der Waals surface area contributed by atoms with E-state index in [1.807, 2.05) is 0 Å². The van der Waals surface area contributed by atoms with E-state index in [2.05, 4.69) is 10.3 Å². The maximum Gasteiger partial charge on any atom is 0.261 e. The molecule has 3 rings (SSSR count). The highest BCUT2D eigenvalue weighted by Crippen LogP contribution is 2.25. The van der Waals surface area contributed by atoms with Crippen molar-refractivity contribution in [2.75, 3.05) is 19.6 Å². The van der Waals surface area contributed by atoms with Crippen LogP contribution in [0.15, 0.2) is 11.0 Å². The van der Waals surface area contributed by atoms with Crippen molar-refractivity contribution in [1.82, 2.24) is 15.2 Å². The summed E-state index contributed by atoms with van der Waals surface area (Å²) in [6.07, 6.45) is 4.49. The van der Waals surface area contributed by atoms with E-state index in [4.69, 9.17) is 0 Å². The molecule has 1 fully saturated rings. The van der Waals surface area contributed by atoms with E-state index >= 15 is 0 Å². The van der Waals surface area contributed by atoms with Gasteiger partial charge in [0.25, 0.3) is 11.5 Å². The summed E-state index contributed by atoms with van der Waals surface area (Å²) in [6.45, 7) is 4.88. The molecule has 2 amide bonds. The topological polar surface area (TPSA) is 102 Å². The van der Waals surface area contributed by atoms with E-state index in [9.17, 15) is 19.5 Å². The summed E-state index contributed by atoms with van der Waals surface area (Å²) in [4.78, 5) is 41.5. The first-order valence-corrected chi connectivity index (χ1v) is 9.37. The lowest BCUT2D eigenvalue weighted by Crippen LogP contribution is -2.39. The number of aliphatic hydroxyl groups is 1. The summed E-state index contributed by atoms with van der Waals surface area (Å²) in [5, 5.41) is 12.3. The monoisotopic (exact) mass is 361 g/mol. The van der Waals surface area contributed by atoms with Crippen molar-refractivity contribution >= 4 is 11.8 Å². The van der Waals surface area contributed by atoms with Gasteiger partial charge in [-0.3, -0.25) is 14.4 Å². The number of pyridine rings is 1. The van der Waals surface area contributed by atoms with Crippen LogP contribution in [0.3, 0.4) is 0 Å². The van der Waals surface area contributed by atoms with Crippen LogP contribution >= 0.6 is 0 Å². The van der Waals surface area contributed by atoms with Gasteiger partial charge in [0.15, 0.2) is 0 Å². The van der Waals surface area contributed by atoms with Crippen molar-refractivity contribution < 1.29 is 14.7 Å². The Labute approximate surface area is 152 Å².